The summed E-state index contributed by atoms with van der Waals surface area (Å²) in [6.07, 6.45) is 8.79. The van der Waals surface area contributed by atoms with E-state index in [-0.39, 0.29) is 15.8 Å². The average Bonchev–Trinajstić information content (AvgIpc) is 3.51. The molecule has 1 atom stereocenters. The van der Waals surface area contributed by atoms with E-state index in [4.69, 9.17) is 11.6 Å². The van der Waals surface area contributed by atoms with Gasteiger partial charge in [-0.15, -0.1) is 0 Å². The molecule has 1 aromatic carbocycles. The Labute approximate surface area is 182 Å². The first-order valence-electron chi connectivity index (χ1n) is 10.2. The van der Waals surface area contributed by atoms with Gasteiger partial charge in [0.05, 0.1) is 10.1 Å². The van der Waals surface area contributed by atoms with Crippen molar-refractivity contribution in [3.63, 3.8) is 0 Å². The molecule has 0 bridgehead atoms. The van der Waals surface area contributed by atoms with Gasteiger partial charge in [-0.1, -0.05) is 35.9 Å². The Kier molecular flexibility index (Phi) is 5.89. The van der Waals surface area contributed by atoms with Gasteiger partial charge < -0.3 is 9.88 Å². The molecule has 0 radical (unpaired) electrons. The van der Waals surface area contributed by atoms with Gasteiger partial charge in [0, 0.05) is 24.4 Å². The molecule has 4 rings (SSSR count). The quantitative estimate of drug-likeness (QED) is 0.723. The van der Waals surface area contributed by atoms with Gasteiger partial charge in [0.25, 0.3) is 5.56 Å². The van der Waals surface area contributed by atoms with E-state index in [1.54, 1.807) is 24.3 Å². The van der Waals surface area contributed by atoms with Gasteiger partial charge >= 0.3 is 0 Å². The summed E-state index contributed by atoms with van der Waals surface area (Å²) in [5.41, 5.74) is 2.08. The third-order valence-corrected chi connectivity index (χ3v) is 8.20. The number of nitrogens with one attached hydrogen (secondary N) is 1. The number of aromatic amines is 1. The van der Waals surface area contributed by atoms with E-state index in [1.807, 2.05) is 25.1 Å². The standard InChI is InChI=1S/C23H25ClN2O3S/c1-2-12-26-13-11-16(15-26)14-20(22-10-9-21(24)23(27)25-22)17-3-5-18(6-4-17)30(28,29)19-7-8-19/h2-6,9-10,12,14,16,19H,7-8,11,13,15H2,1H3,(H,25,27)/b12-2?,20-14+/t16-/m1/s1. The molecule has 1 aliphatic carbocycles. The van der Waals surface area contributed by atoms with Crippen molar-refractivity contribution >= 4 is 27.0 Å². The van der Waals surface area contributed by atoms with Crippen molar-refractivity contribution in [1.82, 2.24) is 9.88 Å². The molecule has 2 aromatic rings. The number of pyridine rings is 1. The molecule has 0 amide bonds. The minimum Gasteiger partial charge on any atom is -0.377 e. The zero-order chi connectivity index (χ0) is 21.3. The molecule has 1 N–H and O–H groups in total. The van der Waals surface area contributed by atoms with Crippen molar-refractivity contribution in [1.29, 1.82) is 0 Å². The molecule has 2 heterocycles. The summed E-state index contributed by atoms with van der Waals surface area (Å²) < 4.78 is 25.0. The number of allylic oxidation sites excluding steroid dienone is 1. The fourth-order valence-corrected chi connectivity index (χ4v) is 5.65. The smallest absolute Gasteiger partial charge is 0.267 e. The molecule has 30 heavy (non-hydrogen) atoms. The highest BCUT2D eigenvalue weighted by atomic mass is 35.5. The van der Waals surface area contributed by atoms with Crippen LogP contribution >= 0.6 is 11.6 Å². The minimum atomic E-state index is -3.23. The third kappa shape index (κ3) is 4.40. The lowest BCUT2D eigenvalue weighted by Crippen LogP contribution is -2.13. The first-order chi connectivity index (χ1) is 14.4. The van der Waals surface area contributed by atoms with E-state index in [0.717, 1.165) is 43.5 Å². The van der Waals surface area contributed by atoms with Crippen LogP contribution in [0.2, 0.25) is 5.02 Å². The Morgan fingerprint density at radius 3 is 2.50 bits per heavy atom. The number of nitrogens with zero attached hydrogens (tertiary/aromatic N) is 1. The molecule has 0 unspecified atom stereocenters. The maximum Gasteiger partial charge on any atom is 0.267 e. The molecule has 5 nitrogen and oxygen atoms in total. The summed E-state index contributed by atoms with van der Waals surface area (Å²) in [4.78, 5) is 17.6. The minimum absolute atomic E-state index is 0.143. The van der Waals surface area contributed by atoms with Crippen molar-refractivity contribution < 1.29 is 8.42 Å². The van der Waals surface area contributed by atoms with Crippen molar-refractivity contribution in [3.8, 4) is 0 Å². The third-order valence-electron chi connectivity index (χ3n) is 5.63. The fraction of sp³-hybridized carbons (Fsp3) is 0.348. The van der Waals surface area contributed by atoms with Crippen molar-refractivity contribution in [2.24, 2.45) is 5.92 Å². The molecular formula is C23H25ClN2O3S. The summed E-state index contributed by atoms with van der Waals surface area (Å²) in [6.45, 7) is 3.89. The van der Waals surface area contributed by atoms with Crippen LogP contribution in [0.15, 0.2) is 64.4 Å². The molecule has 1 aromatic heterocycles. The predicted octanol–water partition coefficient (Wildman–Crippen LogP) is 4.25. The maximum absolute atomic E-state index is 12.5. The number of aromatic nitrogens is 1. The zero-order valence-corrected chi connectivity index (χ0v) is 18.4. The topological polar surface area (TPSA) is 70.2 Å². The van der Waals surface area contributed by atoms with Crippen LogP contribution in [0.4, 0.5) is 0 Å². The van der Waals surface area contributed by atoms with Gasteiger partial charge in [0.2, 0.25) is 0 Å². The first-order valence-corrected chi connectivity index (χ1v) is 12.1. The van der Waals surface area contributed by atoms with Gasteiger partial charge in [-0.25, -0.2) is 8.42 Å². The lowest BCUT2D eigenvalue weighted by atomic mass is 9.96. The lowest BCUT2D eigenvalue weighted by molar-refractivity contribution is 0.456. The van der Waals surface area contributed by atoms with Crippen LogP contribution in [0.1, 0.15) is 37.4 Å². The van der Waals surface area contributed by atoms with Crippen LogP contribution in [0.3, 0.4) is 0 Å². The van der Waals surface area contributed by atoms with Gasteiger partial charge in [0.15, 0.2) is 9.84 Å². The Morgan fingerprint density at radius 1 is 1.13 bits per heavy atom. The lowest BCUT2D eigenvalue weighted by Gasteiger charge is -2.14. The number of likely N-dealkylation sites (tertiary alicyclic amines) is 1. The largest absolute Gasteiger partial charge is 0.377 e. The van der Waals surface area contributed by atoms with Crippen molar-refractivity contribution in [2.75, 3.05) is 13.1 Å². The highest BCUT2D eigenvalue weighted by Gasteiger charge is 2.36. The molecule has 1 saturated heterocycles. The summed E-state index contributed by atoms with van der Waals surface area (Å²) >= 11 is 5.92. The van der Waals surface area contributed by atoms with Crippen LogP contribution in [-0.4, -0.2) is 36.6 Å². The summed E-state index contributed by atoms with van der Waals surface area (Å²) in [7, 11) is -3.23. The summed E-state index contributed by atoms with van der Waals surface area (Å²) in [6, 6.07) is 10.4. The summed E-state index contributed by atoms with van der Waals surface area (Å²) in [5, 5.41) is -0.0915. The second-order valence-corrected chi connectivity index (χ2v) is 10.6. The monoisotopic (exact) mass is 444 g/mol. The Bertz CT molecular complexity index is 1150. The molecule has 158 valence electrons. The Balaban J connectivity index is 1.71. The second kappa shape index (κ2) is 8.44. The van der Waals surface area contributed by atoms with Crippen LogP contribution < -0.4 is 5.56 Å². The number of rotatable bonds is 6. The first kappa shape index (κ1) is 20.9. The maximum atomic E-state index is 12.5. The Morgan fingerprint density at radius 2 is 1.87 bits per heavy atom. The number of H-pyrrole nitrogens is 1. The average molecular weight is 445 g/mol. The van der Waals surface area contributed by atoms with Crippen LogP contribution in [-0.2, 0) is 9.84 Å². The molecule has 2 aliphatic rings. The highest BCUT2D eigenvalue weighted by Crippen LogP contribution is 2.34. The highest BCUT2D eigenvalue weighted by molar-refractivity contribution is 7.92. The molecule has 1 saturated carbocycles. The van der Waals surface area contributed by atoms with E-state index in [9.17, 15) is 13.2 Å². The fourth-order valence-electron chi connectivity index (χ4n) is 3.88. The van der Waals surface area contributed by atoms with E-state index in [0.29, 0.717) is 16.5 Å². The van der Waals surface area contributed by atoms with Crippen LogP contribution in [0.25, 0.3) is 5.57 Å². The predicted molar refractivity (Wildman–Crippen MR) is 120 cm³/mol. The second-order valence-electron chi connectivity index (χ2n) is 7.92. The normalized spacial score (nSPS) is 20.3. The van der Waals surface area contributed by atoms with E-state index >= 15 is 0 Å². The summed E-state index contributed by atoms with van der Waals surface area (Å²) in [5.74, 6) is 0.324. The van der Waals surface area contributed by atoms with Gasteiger partial charge in [0.1, 0.15) is 5.02 Å². The van der Waals surface area contributed by atoms with E-state index in [2.05, 4.69) is 22.2 Å². The van der Waals surface area contributed by atoms with Crippen molar-refractivity contribution in [3.05, 3.63) is 81.4 Å². The number of sulfone groups is 1. The van der Waals surface area contributed by atoms with Gasteiger partial charge in [-0.05, 0) is 68.1 Å². The number of benzene rings is 1. The van der Waals surface area contributed by atoms with E-state index in [1.165, 1.54) is 0 Å². The zero-order valence-electron chi connectivity index (χ0n) is 16.8. The number of hydrogen-bond acceptors (Lipinski definition) is 4. The SMILES string of the molecule is CC=CN1CC[C@H](/C=C(\c2ccc(S(=O)(=O)C3CC3)cc2)c2ccc(Cl)c(=O)[nH]2)C1. The van der Waals surface area contributed by atoms with Gasteiger partial charge in [-0.3, -0.25) is 4.79 Å². The molecule has 7 heteroatoms. The van der Waals surface area contributed by atoms with Crippen LogP contribution in [0.5, 0.6) is 0 Å². The molecule has 1 aliphatic heterocycles. The Hall–Kier alpha value is -2.31. The molecule has 0 spiro atoms. The van der Waals surface area contributed by atoms with Gasteiger partial charge in [-0.2, -0.15) is 0 Å². The number of hydrogen-bond donors (Lipinski definition) is 1. The number of halogens is 1. The van der Waals surface area contributed by atoms with Crippen LogP contribution in [0, 0.1) is 5.92 Å². The molecule has 2 fully saturated rings. The molecular weight excluding hydrogens is 420 g/mol. The van der Waals surface area contributed by atoms with E-state index < -0.39 is 9.84 Å². The van der Waals surface area contributed by atoms with Crippen molar-refractivity contribution in [2.45, 2.75) is 36.3 Å².